The highest BCUT2D eigenvalue weighted by Gasteiger charge is 2.16. The summed E-state index contributed by atoms with van der Waals surface area (Å²) in [6.45, 7) is 3.64. The van der Waals surface area contributed by atoms with E-state index < -0.39 is 0 Å². The van der Waals surface area contributed by atoms with Crippen molar-refractivity contribution in [3.8, 4) is 11.5 Å². The van der Waals surface area contributed by atoms with Crippen LogP contribution in [-0.4, -0.2) is 43.7 Å². The molecule has 102 valence electrons. The molecule has 3 rings (SSSR count). The van der Waals surface area contributed by atoms with Crippen LogP contribution >= 0.6 is 0 Å². The van der Waals surface area contributed by atoms with E-state index in [9.17, 15) is 4.79 Å². The fraction of sp³-hybridized carbons (Fsp3) is 0.500. The molecule has 1 aromatic carbocycles. The molecule has 0 atom stereocenters. The molecular formula is C14H18N2O3. The van der Waals surface area contributed by atoms with Gasteiger partial charge in [-0.3, -0.25) is 9.69 Å². The molecule has 1 aromatic rings. The molecule has 2 heterocycles. The van der Waals surface area contributed by atoms with Crippen LogP contribution in [0.25, 0.3) is 0 Å². The fourth-order valence-corrected chi connectivity index (χ4v) is 2.47. The number of rotatable bonds is 3. The van der Waals surface area contributed by atoms with Gasteiger partial charge in [-0.2, -0.15) is 0 Å². The average Bonchev–Trinajstić information content (AvgIpc) is 2.91. The molecule has 2 aliphatic rings. The van der Waals surface area contributed by atoms with E-state index in [4.69, 9.17) is 9.47 Å². The summed E-state index contributed by atoms with van der Waals surface area (Å²) in [7, 11) is 0. The van der Waals surface area contributed by atoms with Gasteiger partial charge < -0.3 is 14.8 Å². The maximum Gasteiger partial charge on any atom is 0.238 e. The number of benzene rings is 1. The summed E-state index contributed by atoms with van der Waals surface area (Å²) in [6.07, 6.45) is 2.38. The molecule has 19 heavy (non-hydrogen) atoms. The van der Waals surface area contributed by atoms with Crippen LogP contribution in [0.5, 0.6) is 11.5 Å². The Kier molecular flexibility index (Phi) is 3.55. The molecule has 0 radical (unpaired) electrons. The van der Waals surface area contributed by atoms with Crippen molar-refractivity contribution in [3.63, 3.8) is 0 Å². The Morgan fingerprint density at radius 2 is 1.89 bits per heavy atom. The van der Waals surface area contributed by atoms with E-state index in [0.29, 0.717) is 25.5 Å². The third-order valence-electron chi connectivity index (χ3n) is 3.39. The molecule has 0 bridgehead atoms. The first-order chi connectivity index (χ1) is 9.31. The van der Waals surface area contributed by atoms with Crippen LogP contribution in [0.2, 0.25) is 0 Å². The second-order valence-corrected chi connectivity index (χ2v) is 4.89. The van der Waals surface area contributed by atoms with Gasteiger partial charge in [0, 0.05) is 11.8 Å². The number of hydrogen-bond acceptors (Lipinski definition) is 4. The molecular weight excluding hydrogens is 244 g/mol. The van der Waals surface area contributed by atoms with Crippen LogP contribution in [0.4, 0.5) is 5.69 Å². The third-order valence-corrected chi connectivity index (χ3v) is 3.39. The topological polar surface area (TPSA) is 50.8 Å². The Bertz CT molecular complexity index is 470. The van der Waals surface area contributed by atoms with Gasteiger partial charge in [0.05, 0.1) is 6.54 Å². The zero-order valence-corrected chi connectivity index (χ0v) is 10.9. The summed E-state index contributed by atoms with van der Waals surface area (Å²) in [6, 6.07) is 5.49. The quantitative estimate of drug-likeness (QED) is 0.896. The number of nitrogens with zero attached hydrogens (tertiary/aromatic N) is 1. The number of ether oxygens (including phenoxy) is 2. The summed E-state index contributed by atoms with van der Waals surface area (Å²) in [5.74, 6) is 1.47. The minimum atomic E-state index is 0.0265. The average molecular weight is 262 g/mol. The van der Waals surface area contributed by atoms with Gasteiger partial charge in [0.25, 0.3) is 0 Å². The molecule has 0 spiro atoms. The molecule has 1 N–H and O–H groups in total. The lowest BCUT2D eigenvalue weighted by Crippen LogP contribution is -2.30. The van der Waals surface area contributed by atoms with Crippen molar-refractivity contribution in [2.24, 2.45) is 0 Å². The predicted molar refractivity (Wildman–Crippen MR) is 71.7 cm³/mol. The first kappa shape index (κ1) is 12.3. The highest BCUT2D eigenvalue weighted by atomic mass is 16.6. The number of nitrogens with one attached hydrogen (secondary N) is 1. The van der Waals surface area contributed by atoms with Gasteiger partial charge in [-0.05, 0) is 38.1 Å². The van der Waals surface area contributed by atoms with Crippen LogP contribution in [0.1, 0.15) is 12.8 Å². The lowest BCUT2D eigenvalue weighted by molar-refractivity contribution is -0.117. The van der Waals surface area contributed by atoms with Crippen LogP contribution in [-0.2, 0) is 4.79 Å². The first-order valence-corrected chi connectivity index (χ1v) is 6.73. The first-order valence-electron chi connectivity index (χ1n) is 6.73. The maximum absolute atomic E-state index is 11.9. The van der Waals surface area contributed by atoms with Crippen LogP contribution in [0, 0.1) is 0 Å². The van der Waals surface area contributed by atoms with Gasteiger partial charge in [-0.25, -0.2) is 0 Å². The van der Waals surface area contributed by atoms with E-state index in [2.05, 4.69) is 10.2 Å². The molecule has 5 nitrogen and oxygen atoms in total. The number of likely N-dealkylation sites (tertiary alicyclic amines) is 1. The van der Waals surface area contributed by atoms with Crippen LogP contribution in [0.15, 0.2) is 18.2 Å². The van der Waals surface area contributed by atoms with Crippen molar-refractivity contribution in [3.05, 3.63) is 18.2 Å². The van der Waals surface area contributed by atoms with Gasteiger partial charge in [-0.15, -0.1) is 0 Å². The van der Waals surface area contributed by atoms with Gasteiger partial charge in [-0.1, -0.05) is 0 Å². The monoisotopic (exact) mass is 262 g/mol. The number of carbonyl (C=O) groups is 1. The molecule has 1 fully saturated rings. The van der Waals surface area contributed by atoms with Crippen LogP contribution in [0.3, 0.4) is 0 Å². The second-order valence-electron chi connectivity index (χ2n) is 4.89. The summed E-state index contributed by atoms with van der Waals surface area (Å²) < 4.78 is 10.9. The predicted octanol–water partition coefficient (Wildman–Crippen LogP) is 1.49. The van der Waals surface area contributed by atoms with Gasteiger partial charge in [0.15, 0.2) is 11.5 Å². The number of anilines is 1. The van der Waals surface area contributed by atoms with Crippen molar-refractivity contribution in [1.29, 1.82) is 0 Å². The summed E-state index contributed by atoms with van der Waals surface area (Å²) in [4.78, 5) is 14.1. The van der Waals surface area contributed by atoms with E-state index in [1.54, 1.807) is 0 Å². The number of hydrogen-bond donors (Lipinski definition) is 1. The molecule has 5 heteroatoms. The van der Waals surface area contributed by atoms with Gasteiger partial charge in [0.1, 0.15) is 13.2 Å². The SMILES string of the molecule is O=C(CN1CCCC1)Nc1ccc2c(c1)OCCO2. The number of fused-ring (bicyclic) bond motifs is 1. The lowest BCUT2D eigenvalue weighted by atomic mass is 10.2. The minimum Gasteiger partial charge on any atom is -0.486 e. The molecule has 2 aliphatic heterocycles. The molecule has 1 saturated heterocycles. The zero-order chi connectivity index (χ0) is 13.1. The van der Waals surface area contributed by atoms with E-state index >= 15 is 0 Å². The van der Waals surface area contributed by atoms with Crippen molar-refractivity contribution >= 4 is 11.6 Å². The van der Waals surface area contributed by atoms with Crippen molar-refractivity contribution in [1.82, 2.24) is 4.90 Å². The number of carbonyl (C=O) groups excluding carboxylic acids is 1. The van der Waals surface area contributed by atoms with Gasteiger partial charge in [0.2, 0.25) is 5.91 Å². The summed E-state index contributed by atoms with van der Waals surface area (Å²) >= 11 is 0. The Balaban J connectivity index is 1.61. The summed E-state index contributed by atoms with van der Waals surface area (Å²) in [5, 5.41) is 2.90. The van der Waals surface area contributed by atoms with Crippen molar-refractivity contribution < 1.29 is 14.3 Å². The smallest absolute Gasteiger partial charge is 0.238 e. The largest absolute Gasteiger partial charge is 0.486 e. The zero-order valence-electron chi connectivity index (χ0n) is 10.9. The Hall–Kier alpha value is -1.75. The fourth-order valence-electron chi connectivity index (χ4n) is 2.47. The second kappa shape index (κ2) is 5.48. The lowest BCUT2D eigenvalue weighted by Gasteiger charge is -2.19. The Morgan fingerprint density at radius 3 is 2.68 bits per heavy atom. The summed E-state index contributed by atoms with van der Waals surface area (Å²) in [5.41, 5.74) is 0.758. The highest BCUT2D eigenvalue weighted by molar-refractivity contribution is 5.92. The normalized spacial score (nSPS) is 18.3. The van der Waals surface area contributed by atoms with E-state index in [0.717, 1.165) is 24.5 Å². The van der Waals surface area contributed by atoms with Gasteiger partial charge >= 0.3 is 0 Å². The number of amides is 1. The Labute approximate surface area is 112 Å². The molecule has 1 amide bonds. The highest BCUT2D eigenvalue weighted by Crippen LogP contribution is 2.32. The van der Waals surface area contributed by atoms with Crippen molar-refractivity contribution in [2.45, 2.75) is 12.8 Å². The molecule has 0 unspecified atom stereocenters. The minimum absolute atomic E-state index is 0.0265. The van der Waals surface area contributed by atoms with Crippen LogP contribution < -0.4 is 14.8 Å². The third kappa shape index (κ3) is 2.98. The Morgan fingerprint density at radius 1 is 1.16 bits per heavy atom. The van der Waals surface area contributed by atoms with E-state index in [-0.39, 0.29) is 5.91 Å². The molecule has 0 aromatic heterocycles. The molecule has 0 aliphatic carbocycles. The van der Waals surface area contributed by atoms with Crippen molar-refractivity contribution in [2.75, 3.05) is 38.2 Å². The maximum atomic E-state index is 11.9. The molecule has 0 saturated carbocycles. The van der Waals surface area contributed by atoms with E-state index in [1.807, 2.05) is 18.2 Å². The van der Waals surface area contributed by atoms with E-state index in [1.165, 1.54) is 12.8 Å². The standard InChI is InChI=1S/C14H18N2O3/c17-14(10-16-5-1-2-6-16)15-11-3-4-12-13(9-11)19-8-7-18-12/h3-4,9H,1-2,5-8,10H2,(H,15,17).